The summed E-state index contributed by atoms with van der Waals surface area (Å²) in [6.45, 7) is 7.54. The second kappa shape index (κ2) is 12.3. The Morgan fingerprint density at radius 2 is 1.81 bits per heavy atom. The zero-order chi connectivity index (χ0) is 26.4. The minimum atomic E-state index is -2.45. The monoisotopic (exact) mass is 512 g/mol. The predicted molar refractivity (Wildman–Crippen MR) is 139 cm³/mol. The van der Waals surface area contributed by atoms with Crippen LogP contribution < -0.4 is 0 Å². The molecule has 1 N–H and O–H groups in total. The maximum Gasteiger partial charge on any atom is 0.518 e. The molecule has 0 saturated heterocycles. The summed E-state index contributed by atoms with van der Waals surface area (Å²) in [4.78, 5) is 17.2. The van der Waals surface area contributed by atoms with Gasteiger partial charge in [-0.3, -0.25) is 9.78 Å². The first kappa shape index (κ1) is 27.6. The maximum absolute atomic E-state index is 14.0. The van der Waals surface area contributed by atoms with Crippen LogP contribution in [0.1, 0.15) is 55.6 Å². The zero-order valence-corrected chi connectivity index (χ0v) is 22.1. The molecule has 190 valence electrons. The first-order chi connectivity index (χ1) is 17.2. The number of aryl methyl sites for hydroxylation is 1. The van der Waals surface area contributed by atoms with E-state index in [1.165, 1.54) is 19.2 Å². The van der Waals surface area contributed by atoms with Crippen LogP contribution in [0.4, 0.5) is 4.39 Å². The summed E-state index contributed by atoms with van der Waals surface area (Å²) in [6.07, 6.45) is -1.71. The fourth-order valence-corrected chi connectivity index (χ4v) is 5.38. The van der Waals surface area contributed by atoms with Gasteiger partial charge in [-0.2, -0.15) is 0 Å². The van der Waals surface area contributed by atoms with Crippen molar-refractivity contribution in [2.75, 3.05) is 13.7 Å². The van der Waals surface area contributed by atoms with Gasteiger partial charge in [-0.1, -0.05) is 50.2 Å². The molecule has 3 atom stereocenters. The molecule has 6 nitrogen and oxygen atoms in total. The number of aromatic nitrogens is 1. The van der Waals surface area contributed by atoms with Crippen LogP contribution in [0, 0.1) is 12.7 Å². The molecule has 1 heterocycles. The van der Waals surface area contributed by atoms with E-state index in [2.05, 4.69) is 0 Å². The third-order valence-corrected chi connectivity index (χ3v) is 7.35. The number of aliphatic hydroxyl groups excluding tert-OH is 1. The molecule has 3 aromatic rings. The number of ether oxygens (including phenoxy) is 1. The van der Waals surface area contributed by atoms with E-state index in [0.717, 1.165) is 5.56 Å². The van der Waals surface area contributed by atoms with Crippen LogP contribution in [0.2, 0.25) is 0 Å². The topological polar surface area (TPSA) is 85.7 Å². The summed E-state index contributed by atoms with van der Waals surface area (Å²) in [5, 5.41) is 11.2. The summed E-state index contributed by atoms with van der Waals surface area (Å²) in [5.41, 5.74) is 3.66. The van der Waals surface area contributed by atoms with Crippen molar-refractivity contribution in [1.29, 1.82) is 0 Å². The number of carbonyl (C=O) groups is 1. The molecule has 0 bridgehead atoms. The van der Waals surface area contributed by atoms with Gasteiger partial charge < -0.3 is 9.84 Å². The molecule has 2 aromatic carbocycles. The van der Waals surface area contributed by atoms with Crippen molar-refractivity contribution < 1.29 is 28.1 Å². The Kier molecular flexibility index (Phi) is 9.43. The van der Waals surface area contributed by atoms with E-state index in [9.17, 15) is 18.9 Å². The van der Waals surface area contributed by atoms with Crippen LogP contribution in [0.5, 0.6) is 0 Å². The summed E-state index contributed by atoms with van der Waals surface area (Å²) in [6, 6.07) is 15.9. The quantitative estimate of drug-likeness (QED) is 0.239. The highest BCUT2D eigenvalue weighted by Crippen LogP contribution is 2.51. The minimum absolute atomic E-state index is 0.124. The molecule has 0 aliphatic carbocycles. The number of halogens is 1. The lowest BCUT2D eigenvalue weighted by Crippen LogP contribution is -2.24. The maximum atomic E-state index is 14.0. The molecule has 3 rings (SSSR count). The van der Waals surface area contributed by atoms with Crippen molar-refractivity contribution in [2.45, 2.75) is 51.8 Å². The van der Waals surface area contributed by atoms with Crippen LogP contribution in [0.3, 0.4) is 0 Å². The van der Waals surface area contributed by atoms with E-state index in [1.807, 2.05) is 50.2 Å². The van der Waals surface area contributed by atoms with Crippen molar-refractivity contribution >= 4 is 14.0 Å². The van der Waals surface area contributed by atoms with Crippen molar-refractivity contribution in [3.63, 3.8) is 0 Å². The highest BCUT2D eigenvalue weighted by Gasteiger charge is 2.45. The van der Waals surface area contributed by atoms with Gasteiger partial charge in [0.2, 0.25) is 5.66 Å². The van der Waals surface area contributed by atoms with Gasteiger partial charge >= 0.3 is 14.0 Å². The van der Waals surface area contributed by atoms with Gasteiger partial charge in [0.15, 0.2) is 0 Å². The van der Waals surface area contributed by atoms with Gasteiger partial charge in [0, 0.05) is 11.1 Å². The largest absolute Gasteiger partial charge is 0.518 e. The highest BCUT2D eigenvalue weighted by atomic mass is 31.1. The first-order valence-corrected chi connectivity index (χ1v) is 13.1. The van der Waals surface area contributed by atoms with Crippen LogP contribution in [0.25, 0.3) is 22.4 Å². The van der Waals surface area contributed by atoms with Crippen LogP contribution in [-0.2, 0) is 18.6 Å². The number of esters is 1. The summed E-state index contributed by atoms with van der Waals surface area (Å²) < 4.78 is 37.6. The van der Waals surface area contributed by atoms with Gasteiger partial charge in [-0.05, 0) is 59.2 Å². The molecular formula is C28H32FNO5P+. The van der Waals surface area contributed by atoms with Gasteiger partial charge in [0.1, 0.15) is 11.9 Å². The number of pyridine rings is 1. The Morgan fingerprint density at radius 3 is 2.39 bits per heavy atom. The average Bonchev–Trinajstić information content (AvgIpc) is 2.84. The Hall–Kier alpha value is -2.99. The highest BCUT2D eigenvalue weighted by molar-refractivity contribution is 7.39. The van der Waals surface area contributed by atoms with Crippen molar-refractivity contribution in [2.24, 2.45) is 0 Å². The lowest BCUT2D eigenvalue weighted by molar-refractivity contribution is -0.145. The van der Waals surface area contributed by atoms with Crippen LogP contribution in [-0.4, -0.2) is 35.9 Å². The van der Waals surface area contributed by atoms with E-state index in [1.54, 1.807) is 19.9 Å². The standard InChI is InChI=1S/C28H32FNO5P/c1-6-35-25(32)16-24(31)28(36(33)34-5)26-22(21-13-12-20(29)14-18(21)4)15-23(30-27(26)17(2)3)19-10-8-7-9-11-19/h7-15,17,24,28,31H,6,16H2,1-5H3/q+1. The molecule has 1 aromatic heterocycles. The molecule has 0 spiro atoms. The molecule has 8 heteroatoms. The number of nitrogens with zero attached hydrogens (tertiary/aromatic N) is 1. The van der Waals surface area contributed by atoms with E-state index in [0.29, 0.717) is 33.6 Å². The van der Waals surface area contributed by atoms with Crippen molar-refractivity contribution in [3.05, 3.63) is 77.2 Å². The SMILES string of the molecule is CCOC(=O)CC(O)C(c1c(-c2ccc(F)cc2C)cc(-c2ccccc2)nc1C(C)C)[P+](=O)OC. The molecule has 0 amide bonds. The molecule has 36 heavy (non-hydrogen) atoms. The van der Waals surface area contributed by atoms with Gasteiger partial charge in [0.25, 0.3) is 0 Å². The van der Waals surface area contributed by atoms with Gasteiger partial charge in [-0.15, -0.1) is 4.52 Å². The Morgan fingerprint density at radius 1 is 1.11 bits per heavy atom. The number of hydrogen-bond acceptors (Lipinski definition) is 6. The lowest BCUT2D eigenvalue weighted by Gasteiger charge is -2.23. The number of rotatable bonds is 10. The van der Waals surface area contributed by atoms with Crippen molar-refractivity contribution in [3.8, 4) is 22.4 Å². The molecule has 0 fully saturated rings. The number of benzene rings is 2. The summed E-state index contributed by atoms with van der Waals surface area (Å²) >= 11 is 0. The Balaban J connectivity index is 2.36. The molecule has 3 unspecified atom stereocenters. The lowest BCUT2D eigenvalue weighted by atomic mass is 9.87. The number of aliphatic hydroxyl groups is 1. The van der Waals surface area contributed by atoms with E-state index < -0.39 is 25.8 Å². The normalized spacial score (nSPS) is 13.4. The molecular weight excluding hydrogens is 480 g/mol. The fraction of sp³-hybridized carbons (Fsp3) is 0.357. The van der Waals surface area contributed by atoms with Crippen LogP contribution in [0.15, 0.2) is 54.6 Å². The third-order valence-electron chi connectivity index (χ3n) is 5.93. The van der Waals surface area contributed by atoms with E-state index >= 15 is 0 Å². The zero-order valence-electron chi connectivity index (χ0n) is 21.2. The molecule has 0 aliphatic heterocycles. The van der Waals surface area contributed by atoms with Crippen molar-refractivity contribution in [1.82, 2.24) is 4.98 Å². The number of carbonyl (C=O) groups excluding carboxylic acids is 1. The second-order valence-corrected chi connectivity index (χ2v) is 10.3. The van der Waals surface area contributed by atoms with Gasteiger partial charge in [0.05, 0.1) is 31.5 Å². The van der Waals surface area contributed by atoms with Gasteiger partial charge in [-0.25, -0.2) is 4.39 Å². The summed E-state index contributed by atoms with van der Waals surface area (Å²) in [5.74, 6) is -1.10. The Labute approximate surface area is 212 Å². The Bertz CT molecular complexity index is 1230. The molecule has 0 saturated carbocycles. The first-order valence-electron chi connectivity index (χ1n) is 11.9. The van der Waals surface area contributed by atoms with E-state index in [-0.39, 0.29) is 24.8 Å². The molecule has 0 aliphatic rings. The summed E-state index contributed by atoms with van der Waals surface area (Å²) in [7, 11) is -1.15. The predicted octanol–water partition coefficient (Wildman–Crippen LogP) is 6.73. The molecule has 0 radical (unpaired) electrons. The smallest absolute Gasteiger partial charge is 0.466 e. The minimum Gasteiger partial charge on any atom is -0.466 e. The second-order valence-electron chi connectivity index (χ2n) is 8.82. The fourth-order valence-electron chi connectivity index (χ4n) is 4.29. The van der Waals surface area contributed by atoms with Crippen LogP contribution >= 0.6 is 8.03 Å². The number of hydrogen-bond donors (Lipinski definition) is 1. The average molecular weight is 513 g/mol. The third kappa shape index (κ3) is 6.22. The van der Waals surface area contributed by atoms with E-state index in [4.69, 9.17) is 14.2 Å².